The lowest BCUT2D eigenvalue weighted by Crippen LogP contribution is -2.17. The van der Waals surface area contributed by atoms with Crippen LogP contribution in [0.3, 0.4) is 0 Å². The lowest BCUT2D eigenvalue weighted by molar-refractivity contribution is 0.577. The summed E-state index contributed by atoms with van der Waals surface area (Å²) in [5.41, 5.74) is 1.91. The van der Waals surface area contributed by atoms with E-state index in [2.05, 4.69) is 29.4 Å². The summed E-state index contributed by atoms with van der Waals surface area (Å²) in [7, 11) is 0. The number of thiophene rings is 1. The van der Waals surface area contributed by atoms with Crippen molar-refractivity contribution in [3.05, 3.63) is 52.0 Å². The van der Waals surface area contributed by atoms with Crippen LogP contribution in [-0.2, 0) is 6.54 Å². The maximum absolute atomic E-state index is 8.73. The van der Waals surface area contributed by atoms with E-state index >= 15 is 0 Å². The van der Waals surface area contributed by atoms with Crippen molar-refractivity contribution in [1.82, 2.24) is 10.3 Å². The Morgan fingerprint density at radius 1 is 1.59 bits per heavy atom. The van der Waals surface area contributed by atoms with E-state index in [0.29, 0.717) is 0 Å². The molecule has 1 N–H and O–H groups in total. The van der Waals surface area contributed by atoms with Crippen LogP contribution in [0.5, 0.6) is 0 Å². The zero-order valence-electron chi connectivity index (χ0n) is 9.55. The Hall–Kier alpha value is -1.70. The van der Waals surface area contributed by atoms with Gasteiger partial charge in [-0.05, 0) is 24.6 Å². The minimum atomic E-state index is 0.260. The summed E-state index contributed by atoms with van der Waals surface area (Å²) >= 11 is 1.61. The standard InChI is InChI=1S/C13H13N3S/c1-10(12-3-2-4-15-7-12)16-8-13-5-11(6-14)9-17-13/h2-5,7,9-10,16H,8H2,1H3/t10-/m1/s1. The molecule has 4 heteroatoms. The molecule has 2 heterocycles. The molecular formula is C13H13N3S. The number of aromatic nitrogens is 1. The molecule has 2 aromatic heterocycles. The van der Waals surface area contributed by atoms with Crippen LogP contribution in [0.4, 0.5) is 0 Å². The van der Waals surface area contributed by atoms with Crippen LogP contribution in [0, 0.1) is 11.3 Å². The van der Waals surface area contributed by atoms with Gasteiger partial charge >= 0.3 is 0 Å². The van der Waals surface area contributed by atoms with E-state index in [4.69, 9.17) is 5.26 Å². The smallest absolute Gasteiger partial charge is 0.100 e. The van der Waals surface area contributed by atoms with Crippen molar-refractivity contribution in [1.29, 1.82) is 5.26 Å². The normalized spacial score (nSPS) is 12.0. The number of nitriles is 1. The molecule has 0 aliphatic carbocycles. The maximum Gasteiger partial charge on any atom is 0.100 e. The first-order valence-corrected chi connectivity index (χ1v) is 6.28. The van der Waals surface area contributed by atoms with Gasteiger partial charge in [0.1, 0.15) is 6.07 Å². The Kier molecular flexibility index (Phi) is 3.86. The third-order valence-corrected chi connectivity index (χ3v) is 3.49. The Balaban J connectivity index is 1.92. The van der Waals surface area contributed by atoms with Gasteiger partial charge in [0.2, 0.25) is 0 Å². The third kappa shape index (κ3) is 3.13. The van der Waals surface area contributed by atoms with E-state index in [1.165, 1.54) is 10.4 Å². The summed E-state index contributed by atoms with van der Waals surface area (Å²) in [5.74, 6) is 0. The first kappa shape index (κ1) is 11.8. The van der Waals surface area contributed by atoms with Crippen molar-refractivity contribution in [2.45, 2.75) is 19.5 Å². The number of hydrogen-bond donors (Lipinski definition) is 1. The number of pyridine rings is 1. The molecule has 2 rings (SSSR count). The topological polar surface area (TPSA) is 48.7 Å². The van der Waals surface area contributed by atoms with Gasteiger partial charge in [0.15, 0.2) is 0 Å². The Morgan fingerprint density at radius 2 is 2.47 bits per heavy atom. The SMILES string of the molecule is C[C@@H](NCc1cc(C#N)cs1)c1cccnc1. The average Bonchev–Trinajstić information content (AvgIpc) is 2.85. The highest BCUT2D eigenvalue weighted by molar-refractivity contribution is 7.10. The molecule has 0 radical (unpaired) electrons. The molecular weight excluding hydrogens is 230 g/mol. The van der Waals surface area contributed by atoms with Gasteiger partial charge in [0.25, 0.3) is 0 Å². The second-order valence-electron chi connectivity index (χ2n) is 3.80. The maximum atomic E-state index is 8.73. The fraction of sp³-hybridized carbons (Fsp3) is 0.231. The molecule has 0 bridgehead atoms. The first-order valence-electron chi connectivity index (χ1n) is 5.40. The molecule has 0 fully saturated rings. The summed E-state index contributed by atoms with van der Waals surface area (Å²) < 4.78 is 0. The van der Waals surface area contributed by atoms with E-state index in [-0.39, 0.29) is 6.04 Å². The number of nitrogens with one attached hydrogen (secondary N) is 1. The minimum Gasteiger partial charge on any atom is -0.305 e. The molecule has 3 nitrogen and oxygen atoms in total. The van der Waals surface area contributed by atoms with Crippen molar-refractivity contribution < 1.29 is 0 Å². The van der Waals surface area contributed by atoms with Crippen LogP contribution in [0.1, 0.15) is 29.0 Å². The molecule has 0 saturated heterocycles. The van der Waals surface area contributed by atoms with Gasteiger partial charge in [-0.3, -0.25) is 4.98 Å². The van der Waals surface area contributed by atoms with Gasteiger partial charge in [-0.15, -0.1) is 11.3 Å². The van der Waals surface area contributed by atoms with Gasteiger partial charge in [-0.25, -0.2) is 0 Å². The zero-order valence-corrected chi connectivity index (χ0v) is 10.4. The Morgan fingerprint density at radius 3 is 3.12 bits per heavy atom. The summed E-state index contributed by atoms with van der Waals surface area (Å²) in [4.78, 5) is 5.28. The van der Waals surface area contributed by atoms with Gasteiger partial charge in [-0.1, -0.05) is 6.07 Å². The predicted molar refractivity (Wildman–Crippen MR) is 68.5 cm³/mol. The second-order valence-corrected chi connectivity index (χ2v) is 4.80. The minimum absolute atomic E-state index is 0.260. The molecule has 1 atom stereocenters. The first-order chi connectivity index (χ1) is 8.29. The highest BCUT2D eigenvalue weighted by Gasteiger charge is 2.05. The molecule has 2 aromatic rings. The molecule has 0 aliphatic rings. The molecule has 0 saturated carbocycles. The molecule has 17 heavy (non-hydrogen) atoms. The van der Waals surface area contributed by atoms with Crippen LogP contribution < -0.4 is 5.32 Å². The van der Waals surface area contributed by atoms with Crippen molar-refractivity contribution in [2.75, 3.05) is 0 Å². The highest BCUT2D eigenvalue weighted by atomic mass is 32.1. The van der Waals surface area contributed by atoms with Crippen molar-refractivity contribution in [3.63, 3.8) is 0 Å². The quantitative estimate of drug-likeness (QED) is 0.898. The van der Waals surface area contributed by atoms with Gasteiger partial charge in [0, 0.05) is 35.2 Å². The number of hydrogen-bond acceptors (Lipinski definition) is 4. The van der Waals surface area contributed by atoms with Crippen molar-refractivity contribution in [2.24, 2.45) is 0 Å². The average molecular weight is 243 g/mol. The molecule has 0 unspecified atom stereocenters. The third-order valence-electron chi connectivity index (χ3n) is 2.55. The van der Waals surface area contributed by atoms with Crippen LogP contribution in [-0.4, -0.2) is 4.98 Å². The lowest BCUT2D eigenvalue weighted by Gasteiger charge is -2.12. The fourth-order valence-corrected chi connectivity index (χ4v) is 2.30. The van der Waals surface area contributed by atoms with E-state index < -0.39 is 0 Å². The van der Waals surface area contributed by atoms with Crippen molar-refractivity contribution in [3.8, 4) is 6.07 Å². The molecule has 0 spiro atoms. The Labute approximate surface area is 105 Å². The van der Waals surface area contributed by atoms with E-state index in [0.717, 1.165) is 12.1 Å². The fourth-order valence-electron chi connectivity index (χ4n) is 1.54. The number of rotatable bonds is 4. The summed E-state index contributed by atoms with van der Waals surface area (Å²) in [5, 5.41) is 14.0. The van der Waals surface area contributed by atoms with Gasteiger partial charge in [-0.2, -0.15) is 5.26 Å². The van der Waals surface area contributed by atoms with Gasteiger partial charge in [0.05, 0.1) is 5.56 Å². The van der Waals surface area contributed by atoms with E-state index in [1.54, 1.807) is 17.5 Å². The van der Waals surface area contributed by atoms with Crippen LogP contribution >= 0.6 is 11.3 Å². The molecule has 86 valence electrons. The molecule has 0 amide bonds. The highest BCUT2D eigenvalue weighted by Crippen LogP contribution is 2.16. The van der Waals surface area contributed by atoms with Crippen LogP contribution in [0.15, 0.2) is 36.0 Å². The largest absolute Gasteiger partial charge is 0.305 e. The summed E-state index contributed by atoms with van der Waals surface area (Å²) in [6.07, 6.45) is 3.64. The molecule has 0 aliphatic heterocycles. The van der Waals surface area contributed by atoms with E-state index in [9.17, 15) is 0 Å². The number of nitrogens with zero attached hydrogens (tertiary/aromatic N) is 2. The van der Waals surface area contributed by atoms with Crippen LogP contribution in [0.2, 0.25) is 0 Å². The summed E-state index contributed by atoms with van der Waals surface area (Å²) in [6, 6.07) is 8.32. The van der Waals surface area contributed by atoms with E-state index in [1.807, 2.05) is 23.7 Å². The zero-order chi connectivity index (χ0) is 12.1. The lowest BCUT2D eigenvalue weighted by atomic mass is 10.1. The second kappa shape index (κ2) is 5.58. The molecule has 0 aromatic carbocycles. The Bertz CT molecular complexity index is 513. The van der Waals surface area contributed by atoms with Crippen molar-refractivity contribution >= 4 is 11.3 Å². The summed E-state index contributed by atoms with van der Waals surface area (Å²) in [6.45, 7) is 2.89. The predicted octanol–water partition coefficient (Wildman–Crippen LogP) is 2.87. The monoisotopic (exact) mass is 243 g/mol. The van der Waals surface area contributed by atoms with Crippen LogP contribution in [0.25, 0.3) is 0 Å². The van der Waals surface area contributed by atoms with Gasteiger partial charge < -0.3 is 5.32 Å².